The lowest BCUT2D eigenvalue weighted by atomic mass is 9.93. The number of aliphatic hydroxyl groups is 1. The predicted molar refractivity (Wildman–Crippen MR) is 124 cm³/mol. The molecule has 0 bridgehead atoms. The second-order valence-electron chi connectivity index (χ2n) is 6.77. The normalized spacial score (nSPS) is 11.8. The number of aromatic nitrogens is 3. The fourth-order valence-corrected chi connectivity index (χ4v) is 3.05. The van der Waals surface area contributed by atoms with Crippen LogP contribution in [-0.4, -0.2) is 44.3 Å². The fraction of sp³-hybridized carbons (Fsp3) is 0.550. The van der Waals surface area contributed by atoms with E-state index in [0.29, 0.717) is 19.0 Å². The monoisotopic (exact) mass is 500 g/mol. The molecule has 0 amide bonds. The molecule has 2 rings (SSSR count). The van der Waals surface area contributed by atoms with Gasteiger partial charge in [0.25, 0.3) is 0 Å². The topological polar surface area (TPSA) is 87.4 Å². The summed E-state index contributed by atoms with van der Waals surface area (Å²) in [5, 5.41) is 17.3. The Balaban J connectivity index is 0.00000392. The van der Waals surface area contributed by atoms with Gasteiger partial charge in [0.2, 0.25) is 0 Å². The van der Waals surface area contributed by atoms with Crippen LogP contribution < -0.4 is 10.6 Å². The van der Waals surface area contributed by atoms with E-state index in [9.17, 15) is 5.11 Å². The van der Waals surface area contributed by atoms with Crippen molar-refractivity contribution < 1.29 is 5.11 Å². The van der Waals surface area contributed by atoms with E-state index in [1.54, 1.807) is 12.5 Å². The van der Waals surface area contributed by atoms with Crippen LogP contribution in [0.25, 0.3) is 5.82 Å². The first-order valence-corrected chi connectivity index (χ1v) is 9.78. The van der Waals surface area contributed by atoms with E-state index in [-0.39, 0.29) is 24.0 Å². The van der Waals surface area contributed by atoms with Crippen molar-refractivity contribution in [1.82, 2.24) is 25.2 Å². The van der Waals surface area contributed by atoms with Gasteiger partial charge in [-0.1, -0.05) is 32.8 Å². The lowest BCUT2D eigenvalue weighted by Gasteiger charge is -2.28. The third kappa shape index (κ3) is 7.75. The molecule has 0 fully saturated rings. The van der Waals surface area contributed by atoms with E-state index in [0.717, 1.165) is 43.6 Å². The van der Waals surface area contributed by atoms with Crippen molar-refractivity contribution in [2.45, 2.75) is 58.6 Å². The lowest BCUT2D eigenvalue weighted by Crippen LogP contribution is -2.47. The van der Waals surface area contributed by atoms with Gasteiger partial charge < -0.3 is 15.7 Å². The number of hydrogen-bond acceptors (Lipinski definition) is 4. The summed E-state index contributed by atoms with van der Waals surface area (Å²) in [6.45, 7) is 8.01. The zero-order valence-corrected chi connectivity index (χ0v) is 19.4. The number of rotatable bonds is 10. The molecule has 0 atom stereocenters. The molecule has 0 saturated carbocycles. The Morgan fingerprint density at radius 3 is 2.46 bits per heavy atom. The third-order valence-electron chi connectivity index (χ3n) is 4.36. The highest BCUT2D eigenvalue weighted by molar-refractivity contribution is 14.0. The molecule has 0 aliphatic carbocycles. The van der Waals surface area contributed by atoms with E-state index in [1.165, 1.54) is 0 Å². The molecular weight excluding hydrogens is 467 g/mol. The second kappa shape index (κ2) is 12.7. The molecule has 0 saturated heterocycles. The quantitative estimate of drug-likeness (QED) is 0.265. The maximum absolute atomic E-state index is 10.8. The first-order valence-electron chi connectivity index (χ1n) is 9.78. The van der Waals surface area contributed by atoms with Crippen LogP contribution in [-0.2, 0) is 6.54 Å². The highest BCUT2D eigenvalue weighted by Crippen LogP contribution is 2.18. The summed E-state index contributed by atoms with van der Waals surface area (Å²) >= 11 is 0. The Morgan fingerprint density at radius 2 is 1.93 bits per heavy atom. The molecule has 0 radical (unpaired) electrons. The SMILES string of the molecule is CCCC(O)(CCC)CNC(=NCc1ccc(-n2ccnc2)nc1)NCC.I. The molecule has 2 aromatic rings. The summed E-state index contributed by atoms with van der Waals surface area (Å²) in [5.41, 5.74) is 0.335. The highest BCUT2D eigenvalue weighted by atomic mass is 127. The van der Waals surface area contributed by atoms with Gasteiger partial charge in [-0.25, -0.2) is 15.0 Å². The maximum atomic E-state index is 10.8. The van der Waals surface area contributed by atoms with Crippen molar-refractivity contribution in [2.24, 2.45) is 4.99 Å². The molecular formula is C20H33IN6O. The first-order chi connectivity index (χ1) is 13.1. The average Bonchev–Trinajstić information content (AvgIpc) is 3.20. The zero-order valence-electron chi connectivity index (χ0n) is 17.1. The van der Waals surface area contributed by atoms with Crippen LogP contribution in [0.15, 0.2) is 42.0 Å². The molecule has 28 heavy (non-hydrogen) atoms. The van der Waals surface area contributed by atoms with Crippen LogP contribution in [0.4, 0.5) is 0 Å². The number of imidazole rings is 1. The Morgan fingerprint density at radius 1 is 1.18 bits per heavy atom. The van der Waals surface area contributed by atoms with Crippen LogP contribution in [0, 0.1) is 0 Å². The van der Waals surface area contributed by atoms with Gasteiger partial charge >= 0.3 is 0 Å². The number of aliphatic imine (C=N–C) groups is 1. The standard InChI is InChI=1S/C20H32N6O.HI/c1-4-9-20(27,10-5-2)15-25-19(22-6-3)24-14-17-7-8-18(23-13-17)26-12-11-21-16-26;/h7-8,11-13,16,27H,4-6,9-10,14-15H2,1-3H3,(H2,22,24,25);1H. The summed E-state index contributed by atoms with van der Waals surface area (Å²) in [6.07, 6.45) is 10.6. The van der Waals surface area contributed by atoms with Gasteiger partial charge in [-0.05, 0) is 31.4 Å². The largest absolute Gasteiger partial charge is 0.388 e. The van der Waals surface area contributed by atoms with Gasteiger partial charge in [-0.15, -0.1) is 24.0 Å². The van der Waals surface area contributed by atoms with Crippen molar-refractivity contribution in [1.29, 1.82) is 0 Å². The molecule has 3 N–H and O–H groups in total. The molecule has 7 nitrogen and oxygen atoms in total. The number of pyridine rings is 1. The number of nitrogens with one attached hydrogen (secondary N) is 2. The Bertz CT molecular complexity index is 681. The smallest absolute Gasteiger partial charge is 0.191 e. The van der Waals surface area contributed by atoms with Crippen LogP contribution in [0.5, 0.6) is 0 Å². The van der Waals surface area contributed by atoms with Gasteiger partial charge in [0.15, 0.2) is 5.96 Å². The Labute approximate surface area is 185 Å². The Kier molecular flexibility index (Phi) is 11.1. The minimum atomic E-state index is -0.687. The third-order valence-corrected chi connectivity index (χ3v) is 4.36. The summed E-state index contributed by atoms with van der Waals surface area (Å²) in [5.74, 6) is 1.54. The van der Waals surface area contributed by atoms with E-state index in [4.69, 9.17) is 0 Å². The van der Waals surface area contributed by atoms with Crippen LogP contribution in [0.3, 0.4) is 0 Å². The van der Waals surface area contributed by atoms with Crippen molar-refractivity contribution >= 4 is 29.9 Å². The first kappa shape index (κ1) is 24.4. The molecule has 0 aliphatic heterocycles. The van der Waals surface area contributed by atoms with Crippen molar-refractivity contribution in [3.8, 4) is 5.82 Å². The highest BCUT2D eigenvalue weighted by Gasteiger charge is 2.24. The summed E-state index contributed by atoms with van der Waals surface area (Å²) in [4.78, 5) is 13.1. The lowest BCUT2D eigenvalue weighted by molar-refractivity contribution is 0.0257. The fourth-order valence-electron chi connectivity index (χ4n) is 3.05. The molecule has 0 aromatic carbocycles. The average molecular weight is 500 g/mol. The van der Waals surface area contributed by atoms with Crippen LogP contribution in [0.2, 0.25) is 0 Å². The number of hydrogen-bond donors (Lipinski definition) is 3. The van der Waals surface area contributed by atoms with E-state index in [1.807, 2.05) is 36.0 Å². The van der Waals surface area contributed by atoms with Crippen molar-refractivity contribution in [2.75, 3.05) is 13.1 Å². The number of guanidine groups is 1. The Hall–Kier alpha value is -1.68. The van der Waals surface area contributed by atoms with Crippen molar-refractivity contribution in [3.05, 3.63) is 42.6 Å². The van der Waals surface area contributed by atoms with Gasteiger partial charge in [-0.2, -0.15) is 0 Å². The van der Waals surface area contributed by atoms with Crippen molar-refractivity contribution in [3.63, 3.8) is 0 Å². The minimum Gasteiger partial charge on any atom is -0.388 e. The van der Waals surface area contributed by atoms with E-state index < -0.39 is 5.60 Å². The number of halogens is 1. The molecule has 156 valence electrons. The van der Waals surface area contributed by atoms with Crippen LogP contribution in [0.1, 0.15) is 52.0 Å². The second-order valence-corrected chi connectivity index (χ2v) is 6.77. The number of nitrogens with zero attached hydrogens (tertiary/aromatic N) is 4. The summed E-state index contributed by atoms with van der Waals surface area (Å²) < 4.78 is 1.86. The van der Waals surface area contributed by atoms with Gasteiger partial charge in [-0.3, -0.25) is 4.57 Å². The van der Waals surface area contributed by atoms with E-state index in [2.05, 4.69) is 39.4 Å². The van der Waals surface area contributed by atoms with E-state index >= 15 is 0 Å². The van der Waals surface area contributed by atoms with Gasteiger partial charge in [0.1, 0.15) is 12.1 Å². The molecule has 8 heteroatoms. The molecule has 2 heterocycles. The van der Waals surface area contributed by atoms with Gasteiger partial charge in [0.05, 0.1) is 12.1 Å². The summed E-state index contributed by atoms with van der Waals surface area (Å²) in [7, 11) is 0. The predicted octanol–water partition coefficient (Wildman–Crippen LogP) is 3.27. The maximum Gasteiger partial charge on any atom is 0.191 e. The zero-order chi connectivity index (χ0) is 19.5. The summed E-state index contributed by atoms with van der Waals surface area (Å²) in [6, 6.07) is 3.97. The molecule has 2 aromatic heterocycles. The molecule has 0 unspecified atom stereocenters. The minimum absolute atomic E-state index is 0. The van der Waals surface area contributed by atoms with Gasteiger partial charge in [0, 0.05) is 31.7 Å². The molecule has 0 aliphatic rings. The molecule has 0 spiro atoms. The van der Waals surface area contributed by atoms with Crippen LogP contribution >= 0.6 is 24.0 Å².